The van der Waals surface area contributed by atoms with Gasteiger partial charge in [0, 0.05) is 24.1 Å². The Labute approximate surface area is 239 Å². The van der Waals surface area contributed by atoms with Gasteiger partial charge in [0.15, 0.2) is 5.60 Å². The first kappa shape index (κ1) is 35.0. The normalized spacial score (nSPS) is 14.3. The molecule has 1 aromatic heterocycles. The molecule has 0 radical (unpaired) electrons. The van der Waals surface area contributed by atoms with Crippen LogP contribution in [0.25, 0.3) is 0 Å². The fourth-order valence-corrected chi connectivity index (χ4v) is 5.08. The van der Waals surface area contributed by atoms with Crippen molar-refractivity contribution in [2.75, 3.05) is 0 Å². The molecular weight excluding hydrogens is 538 g/mol. The third-order valence-corrected chi connectivity index (χ3v) is 7.55. The number of carbonyl (C=O) groups excluding carboxylic acids is 2. The number of carboxylic acids is 3. The van der Waals surface area contributed by atoms with Gasteiger partial charge in [-0.1, -0.05) is 63.7 Å². The minimum atomic E-state index is -2.98. The van der Waals surface area contributed by atoms with E-state index in [4.69, 9.17) is 0 Å². The molecule has 0 saturated heterocycles. The van der Waals surface area contributed by atoms with Crippen LogP contribution in [0, 0.1) is 5.92 Å². The molecular formula is C29H43NO9S. The summed E-state index contributed by atoms with van der Waals surface area (Å²) in [4.78, 5) is 60.6. The molecule has 10 nitrogen and oxygen atoms in total. The minimum Gasteiger partial charge on any atom is -0.481 e. The number of allylic oxidation sites excluding steroid dienone is 1. The topological polar surface area (TPSA) is 178 Å². The van der Waals surface area contributed by atoms with Crippen molar-refractivity contribution in [1.82, 2.24) is 5.32 Å². The maximum absolute atomic E-state index is 13.0. The summed E-state index contributed by atoms with van der Waals surface area (Å²) in [5.74, 6) is -7.53. The molecule has 0 saturated carbocycles. The molecule has 40 heavy (non-hydrogen) atoms. The molecule has 0 aliphatic heterocycles. The molecule has 1 rings (SSSR count). The summed E-state index contributed by atoms with van der Waals surface area (Å²) < 4.78 is 0. The zero-order valence-electron chi connectivity index (χ0n) is 23.2. The standard InChI is InChI=1S/C29H43NO9S/c1-2-3-4-7-10-14-21(31)15-11-8-5-6-9-12-17-23(29(39,28(37)38)20-25(32)33)26(34)30-24(27(35)36)19-22-16-13-18-40-22/h12-13,16-18,23-24,39H,2-11,14-15,19-20H2,1H3,(H,30,34)(H,32,33)(H,35,36)(H,37,38)/b17-12+/t23-,24+,29+/m1/s1. The van der Waals surface area contributed by atoms with E-state index in [0.717, 1.165) is 44.6 Å². The minimum absolute atomic E-state index is 0.0546. The maximum Gasteiger partial charge on any atom is 0.337 e. The number of nitrogens with one attached hydrogen (secondary N) is 1. The lowest BCUT2D eigenvalue weighted by Gasteiger charge is -2.29. The van der Waals surface area contributed by atoms with E-state index in [1.807, 2.05) is 0 Å². The lowest BCUT2D eigenvalue weighted by molar-refractivity contribution is -0.172. The van der Waals surface area contributed by atoms with Gasteiger partial charge in [-0.3, -0.25) is 14.4 Å². The zero-order chi connectivity index (χ0) is 30.0. The first-order valence-corrected chi connectivity index (χ1v) is 14.8. The van der Waals surface area contributed by atoms with Crippen LogP contribution in [-0.4, -0.2) is 61.7 Å². The zero-order valence-corrected chi connectivity index (χ0v) is 24.0. The van der Waals surface area contributed by atoms with Crippen LogP contribution in [0.1, 0.15) is 95.3 Å². The number of hydrogen-bond donors (Lipinski definition) is 5. The second kappa shape index (κ2) is 19.1. The lowest BCUT2D eigenvalue weighted by atomic mass is 9.82. The van der Waals surface area contributed by atoms with Gasteiger partial charge in [-0.2, -0.15) is 0 Å². The van der Waals surface area contributed by atoms with Gasteiger partial charge in [0.1, 0.15) is 11.8 Å². The third kappa shape index (κ3) is 13.3. The molecule has 0 fully saturated rings. The van der Waals surface area contributed by atoms with Crippen LogP contribution in [0.5, 0.6) is 0 Å². The highest BCUT2D eigenvalue weighted by molar-refractivity contribution is 7.09. The predicted molar refractivity (Wildman–Crippen MR) is 151 cm³/mol. The molecule has 0 aliphatic rings. The highest BCUT2D eigenvalue weighted by Crippen LogP contribution is 2.26. The molecule has 1 aromatic rings. The van der Waals surface area contributed by atoms with Crippen molar-refractivity contribution in [3.63, 3.8) is 0 Å². The van der Waals surface area contributed by atoms with Crippen LogP contribution >= 0.6 is 11.3 Å². The maximum atomic E-state index is 13.0. The van der Waals surface area contributed by atoms with E-state index in [-0.39, 0.29) is 12.2 Å². The van der Waals surface area contributed by atoms with E-state index < -0.39 is 47.8 Å². The van der Waals surface area contributed by atoms with Crippen molar-refractivity contribution >= 4 is 40.9 Å². The van der Waals surface area contributed by atoms with Crippen LogP contribution in [0.15, 0.2) is 29.7 Å². The van der Waals surface area contributed by atoms with Gasteiger partial charge >= 0.3 is 17.9 Å². The summed E-state index contributed by atoms with van der Waals surface area (Å²) in [7, 11) is 0. The summed E-state index contributed by atoms with van der Waals surface area (Å²) in [5, 5.41) is 43.1. The van der Waals surface area contributed by atoms with E-state index in [1.165, 1.54) is 30.3 Å². The number of aliphatic hydroxyl groups is 1. The number of unbranched alkanes of at least 4 members (excludes halogenated alkanes) is 8. The molecule has 1 amide bonds. The number of aliphatic carboxylic acids is 3. The molecule has 0 aromatic carbocycles. The SMILES string of the molecule is CCCCCCCC(=O)CCCCCC/C=C/[C@H](C(=O)N[C@@H](Cc1cccs1)C(=O)O)[C@@](O)(CC(=O)O)C(=O)O. The van der Waals surface area contributed by atoms with E-state index in [0.29, 0.717) is 30.6 Å². The van der Waals surface area contributed by atoms with Gasteiger partial charge in [0.2, 0.25) is 5.91 Å². The third-order valence-electron chi connectivity index (χ3n) is 6.65. The molecule has 3 atom stereocenters. The van der Waals surface area contributed by atoms with Gasteiger partial charge < -0.3 is 25.7 Å². The number of carbonyl (C=O) groups is 5. The van der Waals surface area contributed by atoms with Crippen LogP contribution in [-0.2, 0) is 30.4 Å². The van der Waals surface area contributed by atoms with Crippen molar-refractivity contribution in [1.29, 1.82) is 0 Å². The van der Waals surface area contributed by atoms with Gasteiger partial charge in [-0.05, 0) is 37.1 Å². The Balaban J connectivity index is 2.70. The van der Waals surface area contributed by atoms with Crippen molar-refractivity contribution in [2.45, 2.75) is 108 Å². The molecule has 0 bridgehead atoms. The fourth-order valence-electron chi connectivity index (χ4n) is 4.33. The molecule has 11 heteroatoms. The van der Waals surface area contributed by atoms with Crippen LogP contribution in [0.4, 0.5) is 0 Å². The average Bonchev–Trinajstić information content (AvgIpc) is 3.39. The monoisotopic (exact) mass is 581 g/mol. The Bertz CT molecular complexity index is 976. The van der Waals surface area contributed by atoms with Crippen molar-refractivity contribution in [2.24, 2.45) is 5.92 Å². The Morgan fingerprint density at radius 3 is 2.10 bits per heavy atom. The molecule has 1 heterocycles. The highest BCUT2D eigenvalue weighted by atomic mass is 32.1. The number of ketones is 1. The quantitative estimate of drug-likeness (QED) is 0.0912. The highest BCUT2D eigenvalue weighted by Gasteiger charge is 2.49. The lowest BCUT2D eigenvalue weighted by Crippen LogP contribution is -2.55. The Morgan fingerprint density at radius 1 is 0.950 bits per heavy atom. The van der Waals surface area contributed by atoms with Crippen LogP contribution in [0.3, 0.4) is 0 Å². The van der Waals surface area contributed by atoms with E-state index in [1.54, 1.807) is 17.5 Å². The van der Waals surface area contributed by atoms with E-state index >= 15 is 0 Å². The number of Topliss-reactive ketones (excluding diaryl/α,β-unsaturated/α-hetero) is 1. The predicted octanol–water partition coefficient (Wildman–Crippen LogP) is 4.59. The summed E-state index contributed by atoms with van der Waals surface area (Å²) in [5.41, 5.74) is -2.98. The van der Waals surface area contributed by atoms with Crippen molar-refractivity contribution in [3.8, 4) is 0 Å². The summed E-state index contributed by atoms with van der Waals surface area (Å²) >= 11 is 1.29. The van der Waals surface area contributed by atoms with Gasteiger partial charge in [-0.15, -0.1) is 11.3 Å². The number of carboxylic acid groups (broad SMARTS) is 3. The fraction of sp³-hybridized carbons (Fsp3) is 0.621. The van der Waals surface area contributed by atoms with E-state index in [2.05, 4.69) is 12.2 Å². The molecule has 0 aliphatic carbocycles. The number of thiophene rings is 1. The summed E-state index contributed by atoms with van der Waals surface area (Å²) in [6.45, 7) is 2.15. The first-order chi connectivity index (χ1) is 19.0. The van der Waals surface area contributed by atoms with Gasteiger partial charge in [0.25, 0.3) is 0 Å². The molecule has 5 N–H and O–H groups in total. The molecule has 0 spiro atoms. The van der Waals surface area contributed by atoms with Gasteiger partial charge in [-0.25, -0.2) is 9.59 Å². The Hall–Kier alpha value is -3.05. The largest absolute Gasteiger partial charge is 0.481 e. The number of amides is 1. The second-order valence-corrected chi connectivity index (χ2v) is 11.1. The Morgan fingerprint density at radius 2 is 1.57 bits per heavy atom. The smallest absolute Gasteiger partial charge is 0.337 e. The summed E-state index contributed by atoms with van der Waals surface area (Å²) in [6.07, 6.45) is 11.5. The summed E-state index contributed by atoms with van der Waals surface area (Å²) in [6, 6.07) is 2.01. The van der Waals surface area contributed by atoms with Gasteiger partial charge in [0.05, 0.1) is 12.3 Å². The number of hydrogen-bond acceptors (Lipinski definition) is 7. The van der Waals surface area contributed by atoms with Crippen molar-refractivity contribution in [3.05, 3.63) is 34.5 Å². The first-order valence-electron chi connectivity index (χ1n) is 13.9. The van der Waals surface area contributed by atoms with E-state index in [9.17, 15) is 44.4 Å². The van der Waals surface area contributed by atoms with Crippen molar-refractivity contribution < 1.29 is 44.4 Å². The molecule has 224 valence electrons. The van der Waals surface area contributed by atoms with Crippen LogP contribution < -0.4 is 5.32 Å². The second-order valence-electron chi connectivity index (χ2n) is 10.0. The average molecular weight is 582 g/mol. The molecule has 0 unspecified atom stereocenters. The Kier molecular flexibility index (Phi) is 16.7. The van der Waals surface area contributed by atoms with Crippen LogP contribution in [0.2, 0.25) is 0 Å². The number of rotatable bonds is 23.